The molecule has 0 fully saturated rings. The molecule has 3 amide bonds. The number of amides is 3. The fourth-order valence-electron chi connectivity index (χ4n) is 1.91. The van der Waals surface area contributed by atoms with Gasteiger partial charge in [-0.25, -0.2) is 9.78 Å². The standard InChI is InChI=1S/C16H21N5O4S/c1-8(19-15(24)25-16(2,3)4)13(23)21-14-20-11(7-26-14)9-5-10(12(17)22)18-6-9/h5-8,18H,1-4H3,(H2,17,22)(H,19,24)(H,20,21,23). The maximum Gasteiger partial charge on any atom is 0.408 e. The van der Waals surface area contributed by atoms with Gasteiger partial charge in [-0.05, 0) is 33.8 Å². The Kier molecular flexibility index (Phi) is 5.66. The second kappa shape index (κ2) is 7.56. The van der Waals surface area contributed by atoms with Crippen molar-refractivity contribution < 1.29 is 19.1 Å². The lowest BCUT2D eigenvalue weighted by Gasteiger charge is -2.21. The Bertz CT molecular complexity index is 821. The molecule has 0 radical (unpaired) electrons. The van der Waals surface area contributed by atoms with Crippen LogP contribution in [-0.2, 0) is 9.53 Å². The first kappa shape index (κ1) is 19.4. The molecule has 2 rings (SSSR count). The van der Waals surface area contributed by atoms with Crippen molar-refractivity contribution in [3.63, 3.8) is 0 Å². The highest BCUT2D eigenvalue weighted by molar-refractivity contribution is 7.14. The van der Waals surface area contributed by atoms with E-state index in [-0.39, 0.29) is 5.69 Å². The SMILES string of the molecule is CC(NC(=O)OC(C)(C)C)C(=O)Nc1nc(-c2c[nH]c(C(N)=O)c2)cs1. The van der Waals surface area contributed by atoms with Crippen LogP contribution in [0.2, 0.25) is 0 Å². The lowest BCUT2D eigenvalue weighted by Crippen LogP contribution is -2.43. The fourth-order valence-corrected chi connectivity index (χ4v) is 2.63. The molecule has 10 heteroatoms. The van der Waals surface area contributed by atoms with Crippen LogP contribution in [-0.4, -0.2) is 39.5 Å². The van der Waals surface area contributed by atoms with Crippen molar-refractivity contribution in [2.24, 2.45) is 5.73 Å². The first-order valence-electron chi connectivity index (χ1n) is 7.79. The second-order valence-electron chi connectivity index (χ2n) is 6.56. The number of carbonyl (C=O) groups excluding carboxylic acids is 3. The average molecular weight is 379 g/mol. The summed E-state index contributed by atoms with van der Waals surface area (Å²) >= 11 is 1.22. The van der Waals surface area contributed by atoms with E-state index in [9.17, 15) is 14.4 Å². The van der Waals surface area contributed by atoms with Gasteiger partial charge in [0.15, 0.2) is 5.13 Å². The number of hydrogen-bond donors (Lipinski definition) is 4. The van der Waals surface area contributed by atoms with Gasteiger partial charge in [0.2, 0.25) is 5.91 Å². The number of primary amides is 1. The van der Waals surface area contributed by atoms with Crippen LogP contribution in [0.5, 0.6) is 0 Å². The van der Waals surface area contributed by atoms with Gasteiger partial charge in [0, 0.05) is 17.1 Å². The van der Waals surface area contributed by atoms with Crippen molar-refractivity contribution in [2.45, 2.75) is 39.3 Å². The van der Waals surface area contributed by atoms with Crippen molar-refractivity contribution >= 4 is 34.4 Å². The molecule has 0 aliphatic rings. The molecule has 0 aliphatic heterocycles. The highest BCUT2D eigenvalue weighted by Crippen LogP contribution is 2.25. The highest BCUT2D eigenvalue weighted by atomic mass is 32.1. The summed E-state index contributed by atoms with van der Waals surface area (Å²) in [5.41, 5.74) is 6.08. The van der Waals surface area contributed by atoms with Crippen molar-refractivity contribution in [3.8, 4) is 11.3 Å². The zero-order chi connectivity index (χ0) is 19.5. The minimum absolute atomic E-state index is 0.272. The first-order chi connectivity index (χ1) is 12.0. The summed E-state index contributed by atoms with van der Waals surface area (Å²) in [6, 6.07) is 0.779. The van der Waals surface area contributed by atoms with Gasteiger partial charge in [-0.2, -0.15) is 0 Å². The molecule has 1 atom stereocenters. The van der Waals surface area contributed by atoms with Crippen LogP contribution >= 0.6 is 11.3 Å². The third kappa shape index (κ3) is 5.31. The Morgan fingerprint density at radius 3 is 2.62 bits per heavy atom. The van der Waals surface area contributed by atoms with Crippen LogP contribution in [0.25, 0.3) is 11.3 Å². The van der Waals surface area contributed by atoms with E-state index in [2.05, 4.69) is 20.6 Å². The number of nitrogens with two attached hydrogens (primary N) is 1. The first-order valence-corrected chi connectivity index (χ1v) is 8.67. The van der Waals surface area contributed by atoms with Gasteiger partial charge in [-0.15, -0.1) is 11.3 Å². The number of hydrogen-bond acceptors (Lipinski definition) is 6. The van der Waals surface area contributed by atoms with E-state index in [1.165, 1.54) is 11.3 Å². The van der Waals surface area contributed by atoms with Gasteiger partial charge in [0.25, 0.3) is 5.91 Å². The van der Waals surface area contributed by atoms with Gasteiger partial charge in [0.1, 0.15) is 17.3 Å². The number of carbonyl (C=O) groups is 3. The smallest absolute Gasteiger partial charge is 0.408 e. The molecule has 9 nitrogen and oxygen atoms in total. The Morgan fingerprint density at radius 1 is 1.35 bits per heavy atom. The van der Waals surface area contributed by atoms with Crippen LogP contribution < -0.4 is 16.4 Å². The largest absolute Gasteiger partial charge is 0.444 e. The molecule has 26 heavy (non-hydrogen) atoms. The molecule has 0 aromatic carbocycles. The van der Waals surface area contributed by atoms with E-state index in [1.54, 1.807) is 45.3 Å². The summed E-state index contributed by atoms with van der Waals surface area (Å²) in [6.07, 6.45) is 0.930. The number of H-pyrrole nitrogens is 1. The maximum absolute atomic E-state index is 12.2. The lowest BCUT2D eigenvalue weighted by atomic mass is 10.2. The third-order valence-corrected chi connectivity index (χ3v) is 3.86. The van der Waals surface area contributed by atoms with Gasteiger partial charge >= 0.3 is 6.09 Å². The normalized spacial score (nSPS) is 12.3. The predicted octanol–water partition coefficient (Wildman–Crippen LogP) is 2.09. The van der Waals surface area contributed by atoms with Crippen molar-refractivity contribution in [1.29, 1.82) is 0 Å². The Morgan fingerprint density at radius 2 is 2.04 bits per heavy atom. The number of anilines is 1. The molecule has 0 saturated carbocycles. The second-order valence-corrected chi connectivity index (χ2v) is 7.42. The van der Waals surface area contributed by atoms with Gasteiger partial charge < -0.3 is 26.1 Å². The van der Waals surface area contributed by atoms with E-state index in [0.29, 0.717) is 16.4 Å². The van der Waals surface area contributed by atoms with Crippen LogP contribution in [0, 0.1) is 0 Å². The van der Waals surface area contributed by atoms with Crippen LogP contribution in [0.4, 0.5) is 9.93 Å². The number of thiazole rings is 1. The van der Waals surface area contributed by atoms with Gasteiger partial charge in [-0.1, -0.05) is 0 Å². The van der Waals surface area contributed by atoms with E-state index >= 15 is 0 Å². The number of rotatable bonds is 5. The molecule has 140 valence electrons. The molecule has 2 heterocycles. The van der Waals surface area contributed by atoms with E-state index < -0.39 is 29.6 Å². The van der Waals surface area contributed by atoms with Gasteiger partial charge in [0.05, 0.1) is 5.69 Å². The summed E-state index contributed by atoms with van der Waals surface area (Å²) < 4.78 is 5.11. The molecular formula is C16H21N5O4S. The summed E-state index contributed by atoms with van der Waals surface area (Å²) in [5.74, 6) is -0.995. The number of aromatic nitrogens is 2. The Balaban J connectivity index is 1.96. The number of nitrogens with zero attached hydrogens (tertiary/aromatic N) is 1. The number of alkyl carbamates (subject to hydrolysis) is 1. The average Bonchev–Trinajstić information content (AvgIpc) is 3.13. The summed E-state index contributed by atoms with van der Waals surface area (Å²) in [4.78, 5) is 42.0. The lowest BCUT2D eigenvalue weighted by molar-refractivity contribution is -0.117. The molecule has 1 unspecified atom stereocenters. The Labute approximate surface area is 154 Å². The predicted molar refractivity (Wildman–Crippen MR) is 97.9 cm³/mol. The summed E-state index contributed by atoms with van der Waals surface area (Å²) in [7, 11) is 0. The molecule has 0 bridgehead atoms. The third-order valence-electron chi connectivity index (χ3n) is 3.11. The summed E-state index contributed by atoms with van der Waals surface area (Å²) in [5, 5.41) is 7.18. The van der Waals surface area contributed by atoms with Crippen molar-refractivity contribution in [3.05, 3.63) is 23.3 Å². The van der Waals surface area contributed by atoms with Crippen molar-refractivity contribution in [2.75, 3.05) is 5.32 Å². The van der Waals surface area contributed by atoms with Crippen LogP contribution in [0.3, 0.4) is 0 Å². The van der Waals surface area contributed by atoms with Crippen molar-refractivity contribution in [1.82, 2.24) is 15.3 Å². The maximum atomic E-state index is 12.2. The fraction of sp³-hybridized carbons (Fsp3) is 0.375. The zero-order valence-corrected chi connectivity index (χ0v) is 15.7. The molecule has 0 saturated heterocycles. The molecule has 5 N–H and O–H groups in total. The molecular weight excluding hydrogens is 358 g/mol. The van der Waals surface area contributed by atoms with E-state index in [1.807, 2.05) is 0 Å². The molecule has 0 spiro atoms. The molecule has 2 aromatic rings. The number of ether oxygens (including phenoxy) is 1. The summed E-state index contributed by atoms with van der Waals surface area (Å²) in [6.45, 7) is 6.75. The zero-order valence-electron chi connectivity index (χ0n) is 14.9. The Hall–Kier alpha value is -2.88. The topological polar surface area (TPSA) is 139 Å². The molecule has 2 aromatic heterocycles. The van der Waals surface area contributed by atoms with E-state index in [4.69, 9.17) is 10.5 Å². The quantitative estimate of drug-likeness (QED) is 0.630. The number of aromatic amines is 1. The minimum Gasteiger partial charge on any atom is -0.444 e. The van der Waals surface area contributed by atoms with E-state index in [0.717, 1.165) is 0 Å². The molecule has 0 aliphatic carbocycles. The number of nitrogens with one attached hydrogen (secondary N) is 3. The van der Waals surface area contributed by atoms with Gasteiger partial charge in [-0.3, -0.25) is 9.59 Å². The van der Waals surface area contributed by atoms with Crippen LogP contribution in [0.1, 0.15) is 38.2 Å². The highest BCUT2D eigenvalue weighted by Gasteiger charge is 2.21. The van der Waals surface area contributed by atoms with Crippen LogP contribution in [0.15, 0.2) is 17.6 Å². The monoisotopic (exact) mass is 379 g/mol. The minimum atomic E-state index is -0.800.